The van der Waals surface area contributed by atoms with E-state index in [0.717, 1.165) is 24.0 Å². The van der Waals surface area contributed by atoms with Crippen LogP contribution in [0.3, 0.4) is 0 Å². The number of allylic oxidation sites excluding steroid dienone is 2. The highest BCUT2D eigenvalue weighted by atomic mass is 16.6. The Morgan fingerprint density at radius 1 is 1.23 bits per heavy atom. The minimum absolute atomic E-state index is 0.0447. The molecule has 3 aliphatic carbocycles. The van der Waals surface area contributed by atoms with E-state index in [2.05, 4.69) is 19.1 Å². The Balaban J connectivity index is 0.000000168. The number of nitrogens with zero attached hydrogens (tertiary/aromatic N) is 1. The van der Waals surface area contributed by atoms with Gasteiger partial charge >= 0.3 is 0 Å². The monoisotopic (exact) mass is 419 g/mol. The maximum atomic E-state index is 11.5. The van der Waals surface area contributed by atoms with Gasteiger partial charge in [0.15, 0.2) is 0 Å². The average Bonchev–Trinajstić information content (AvgIpc) is 3.55. The van der Waals surface area contributed by atoms with Gasteiger partial charge in [0.1, 0.15) is 23.6 Å². The lowest BCUT2D eigenvalue weighted by atomic mass is 9.71. The van der Waals surface area contributed by atoms with Crippen molar-refractivity contribution in [2.75, 3.05) is 0 Å². The normalized spacial score (nSPS) is 39.3. The molecular weight excluding hydrogens is 386 g/mol. The van der Waals surface area contributed by atoms with E-state index in [9.17, 15) is 25.3 Å². The van der Waals surface area contributed by atoms with Gasteiger partial charge in [0.25, 0.3) is 5.56 Å². The van der Waals surface area contributed by atoms with E-state index < -0.39 is 29.5 Å². The van der Waals surface area contributed by atoms with Gasteiger partial charge in [-0.2, -0.15) is 4.73 Å². The van der Waals surface area contributed by atoms with Gasteiger partial charge in [-0.1, -0.05) is 25.5 Å². The van der Waals surface area contributed by atoms with Gasteiger partial charge in [0.2, 0.25) is 0 Å². The molecule has 2 saturated carbocycles. The van der Waals surface area contributed by atoms with Crippen molar-refractivity contribution in [3.8, 4) is 5.75 Å². The average molecular weight is 420 g/mol. The fraction of sp³-hybridized carbons (Fsp3) is 0.696. The molecule has 0 bridgehead atoms. The molecule has 0 spiro atoms. The summed E-state index contributed by atoms with van der Waals surface area (Å²) in [5, 5.41) is 39.8. The Bertz CT molecular complexity index is 879. The smallest absolute Gasteiger partial charge is 0.289 e. The van der Waals surface area contributed by atoms with Gasteiger partial charge in [-0.05, 0) is 63.2 Å². The standard InChI is InChI=1S/C12H15NO6.C11H18/c1-5-8(15)6(4-13(18)11(5)16)12(17)3-2-7(14)9-10(12)19-9;1-9-6-7-10-4-2-3-5-11(10)8-9/h4,7,9-10,14-15,17-18H,2-3H2,1H3;3,5,9-11H,2,4,6-8H2,1H3/t;9-,10?,11?/m.0/s1. The van der Waals surface area contributed by atoms with Crippen LogP contribution in [0, 0.1) is 24.7 Å². The minimum Gasteiger partial charge on any atom is -0.507 e. The fourth-order valence-electron chi connectivity index (χ4n) is 5.46. The molecule has 6 unspecified atom stereocenters. The molecule has 2 heterocycles. The third-order valence-electron chi connectivity index (χ3n) is 7.45. The summed E-state index contributed by atoms with van der Waals surface area (Å²) < 4.78 is 5.58. The highest BCUT2D eigenvalue weighted by molar-refractivity contribution is 5.42. The first-order chi connectivity index (χ1) is 14.2. The van der Waals surface area contributed by atoms with Crippen molar-refractivity contribution in [1.82, 2.24) is 4.73 Å². The van der Waals surface area contributed by atoms with E-state index in [-0.39, 0.29) is 23.3 Å². The zero-order valence-corrected chi connectivity index (χ0v) is 17.7. The first kappa shape index (κ1) is 21.4. The van der Waals surface area contributed by atoms with Gasteiger partial charge in [0.05, 0.1) is 17.9 Å². The molecular formula is C23H33NO6. The lowest BCUT2D eigenvalue weighted by Gasteiger charge is -2.35. The molecule has 7 atom stereocenters. The van der Waals surface area contributed by atoms with Gasteiger partial charge in [0, 0.05) is 5.56 Å². The van der Waals surface area contributed by atoms with Crippen LogP contribution >= 0.6 is 0 Å². The Morgan fingerprint density at radius 2 is 2.00 bits per heavy atom. The summed E-state index contributed by atoms with van der Waals surface area (Å²) in [6, 6.07) is 0. The molecule has 166 valence electrons. The van der Waals surface area contributed by atoms with Gasteiger partial charge < -0.3 is 25.3 Å². The molecule has 4 N–H and O–H groups in total. The summed E-state index contributed by atoms with van der Waals surface area (Å²) >= 11 is 0. The number of rotatable bonds is 1. The van der Waals surface area contributed by atoms with Crippen molar-refractivity contribution in [2.45, 2.75) is 82.7 Å². The van der Waals surface area contributed by atoms with Crippen LogP contribution in [0.5, 0.6) is 5.75 Å². The molecule has 3 fully saturated rings. The number of hydrogen-bond donors (Lipinski definition) is 4. The van der Waals surface area contributed by atoms with Crippen LogP contribution in [0.25, 0.3) is 0 Å². The molecule has 5 rings (SSSR count). The molecule has 1 aromatic rings. The second-order valence-corrected chi connectivity index (χ2v) is 9.57. The van der Waals surface area contributed by atoms with Crippen molar-refractivity contribution in [3.63, 3.8) is 0 Å². The van der Waals surface area contributed by atoms with Gasteiger partial charge in [-0.3, -0.25) is 4.79 Å². The van der Waals surface area contributed by atoms with E-state index in [0.29, 0.717) is 11.2 Å². The second-order valence-electron chi connectivity index (χ2n) is 9.57. The molecule has 1 aromatic heterocycles. The molecule has 1 saturated heterocycles. The van der Waals surface area contributed by atoms with Crippen LogP contribution in [0.2, 0.25) is 0 Å². The van der Waals surface area contributed by atoms with Crippen LogP contribution in [0.4, 0.5) is 0 Å². The van der Waals surface area contributed by atoms with Gasteiger partial charge in [-0.15, -0.1) is 0 Å². The van der Waals surface area contributed by atoms with E-state index in [1.165, 1.54) is 39.0 Å². The number of hydrogen-bond acceptors (Lipinski definition) is 6. The van der Waals surface area contributed by atoms with E-state index in [4.69, 9.17) is 4.74 Å². The number of aliphatic hydroxyl groups is 2. The third-order valence-corrected chi connectivity index (χ3v) is 7.45. The Morgan fingerprint density at radius 3 is 2.77 bits per heavy atom. The fourth-order valence-corrected chi connectivity index (χ4v) is 5.46. The highest BCUT2D eigenvalue weighted by Crippen LogP contribution is 2.50. The maximum absolute atomic E-state index is 11.5. The van der Waals surface area contributed by atoms with Crippen LogP contribution < -0.4 is 5.56 Å². The van der Waals surface area contributed by atoms with E-state index in [1.54, 1.807) is 0 Å². The topological polar surface area (TPSA) is 115 Å². The summed E-state index contributed by atoms with van der Waals surface area (Å²) in [6.07, 6.45) is 11.9. The first-order valence-electron chi connectivity index (χ1n) is 11.1. The molecule has 4 aliphatic rings. The van der Waals surface area contributed by atoms with Crippen LogP contribution in [-0.2, 0) is 10.3 Å². The van der Waals surface area contributed by atoms with Crippen molar-refractivity contribution >= 4 is 0 Å². The lowest BCUT2D eigenvalue weighted by Crippen LogP contribution is -2.42. The second kappa shape index (κ2) is 8.02. The van der Waals surface area contributed by atoms with Crippen molar-refractivity contribution < 1.29 is 25.3 Å². The van der Waals surface area contributed by atoms with E-state index in [1.807, 2.05) is 0 Å². The Labute approximate surface area is 176 Å². The molecule has 0 aromatic carbocycles. The highest BCUT2D eigenvalue weighted by Gasteiger charge is 2.61. The first-order valence-corrected chi connectivity index (χ1v) is 11.1. The van der Waals surface area contributed by atoms with Crippen molar-refractivity contribution in [3.05, 3.63) is 39.8 Å². The summed E-state index contributed by atoms with van der Waals surface area (Å²) in [5.74, 6) is 2.64. The molecule has 1 aliphatic heterocycles. The molecule has 0 radical (unpaired) electrons. The number of pyridine rings is 1. The predicted octanol–water partition coefficient (Wildman–Crippen LogP) is 2.60. The number of epoxide rings is 1. The Kier molecular flexibility index (Phi) is 5.72. The molecule has 7 nitrogen and oxygen atoms in total. The minimum atomic E-state index is -1.50. The van der Waals surface area contributed by atoms with Crippen molar-refractivity contribution in [1.29, 1.82) is 0 Å². The Hall–Kier alpha value is -1.83. The van der Waals surface area contributed by atoms with Crippen LogP contribution in [0.1, 0.15) is 63.0 Å². The number of aliphatic hydroxyl groups excluding tert-OH is 1. The van der Waals surface area contributed by atoms with Crippen LogP contribution in [0.15, 0.2) is 23.1 Å². The van der Waals surface area contributed by atoms with E-state index >= 15 is 0 Å². The quantitative estimate of drug-likeness (QED) is 0.316. The number of fused-ring (bicyclic) bond motifs is 2. The van der Waals surface area contributed by atoms with Crippen molar-refractivity contribution in [2.24, 2.45) is 17.8 Å². The number of ether oxygens (including phenoxy) is 1. The maximum Gasteiger partial charge on any atom is 0.289 e. The molecule has 30 heavy (non-hydrogen) atoms. The van der Waals surface area contributed by atoms with Crippen LogP contribution in [-0.4, -0.2) is 43.6 Å². The molecule has 0 amide bonds. The molecule has 7 heteroatoms. The lowest BCUT2D eigenvalue weighted by molar-refractivity contribution is -0.0246. The zero-order chi connectivity index (χ0) is 21.6. The predicted molar refractivity (Wildman–Crippen MR) is 110 cm³/mol. The summed E-state index contributed by atoms with van der Waals surface area (Å²) in [5.41, 5.74) is -2.24. The summed E-state index contributed by atoms with van der Waals surface area (Å²) in [4.78, 5) is 11.5. The third kappa shape index (κ3) is 3.79. The summed E-state index contributed by atoms with van der Waals surface area (Å²) in [6.45, 7) is 3.76. The summed E-state index contributed by atoms with van der Waals surface area (Å²) in [7, 11) is 0. The number of aromatic nitrogens is 1. The zero-order valence-electron chi connectivity index (χ0n) is 17.7. The SMILES string of the molecule is C[C@H]1CCC2CCC=CC2C1.Cc1c(O)c(C2(O)CCC(O)C3OC32)cn(O)c1=O. The number of aromatic hydroxyl groups is 1. The van der Waals surface area contributed by atoms with Gasteiger partial charge in [-0.25, -0.2) is 0 Å². The largest absolute Gasteiger partial charge is 0.507 e.